The average molecular weight is 270 g/mol. The second-order valence-corrected chi connectivity index (χ2v) is 4.46. The van der Waals surface area contributed by atoms with E-state index in [1.807, 2.05) is 30.3 Å². The van der Waals surface area contributed by atoms with Crippen LogP contribution in [0.15, 0.2) is 30.3 Å². The topological polar surface area (TPSA) is 38.3 Å². The van der Waals surface area contributed by atoms with Crippen molar-refractivity contribution in [1.29, 1.82) is 0 Å². The van der Waals surface area contributed by atoms with E-state index in [1.165, 1.54) is 0 Å². The lowest BCUT2D eigenvalue weighted by Crippen LogP contribution is -2.24. The molecule has 0 unspecified atom stereocenters. The first-order valence-corrected chi connectivity index (χ1v) is 6.87. The summed E-state index contributed by atoms with van der Waals surface area (Å²) in [6, 6.07) is 9.76. The summed E-state index contributed by atoms with van der Waals surface area (Å²) in [5, 5.41) is 2.72. The first-order chi connectivity index (χ1) is 8.83. The minimum atomic E-state index is -0.351. The number of unbranched alkanes of at least 4 members (excludes halogenated alkanes) is 3. The van der Waals surface area contributed by atoms with Crippen molar-refractivity contribution in [2.45, 2.75) is 32.2 Å². The van der Waals surface area contributed by atoms with Gasteiger partial charge in [-0.2, -0.15) is 0 Å². The van der Waals surface area contributed by atoms with Crippen LogP contribution in [0.1, 0.15) is 31.2 Å². The van der Waals surface area contributed by atoms with Gasteiger partial charge in [-0.1, -0.05) is 43.2 Å². The van der Waals surface area contributed by atoms with Crippen molar-refractivity contribution in [2.24, 2.45) is 0 Å². The van der Waals surface area contributed by atoms with Crippen molar-refractivity contribution in [3.8, 4) is 0 Å². The van der Waals surface area contributed by atoms with E-state index in [4.69, 9.17) is 16.3 Å². The molecule has 1 rings (SSSR count). The molecule has 0 aliphatic rings. The van der Waals surface area contributed by atoms with Crippen LogP contribution < -0.4 is 5.32 Å². The fraction of sp³-hybridized carbons (Fsp3) is 0.500. The Morgan fingerprint density at radius 2 is 1.83 bits per heavy atom. The van der Waals surface area contributed by atoms with Gasteiger partial charge in [0.25, 0.3) is 0 Å². The summed E-state index contributed by atoms with van der Waals surface area (Å²) in [5.74, 6) is 0.707. The molecule has 1 aromatic rings. The predicted octanol–water partition coefficient (Wildman–Crippen LogP) is 3.71. The third-order valence-corrected chi connectivity index (χ3v) is 2.81. The average Bonchev–Trinajstić information content (AvgIpc) is 2.41. The SMILES string of the molecule is O=C(NCc1ccccc1)OCCCCCCCl. The first-order valence-electron chi connectivity index (χ1n) is 6.33. The minimum Gasteiger partial charge on any atom is -0.450 e. The normalized spacial score (nSPS) is 10.1. The van der Waals surface area contributed by atoms with Gasteiger partial charge in [-0.25, -0.2) is 4.79 Å². The minimum absolute atomic E-state index is 0.351. The number of alkyl halides is 1. The molecule has 1 N–H and O–H groups in total. The van der Waals surface area contributed by atoms with E-state index in [-0.39, 0.29) is 6.09 Å². The summed E-state index contributed by atoms with van der Waals surface area (Å²) in [7, 11) is 0. The monoisotopic (exact) mass is 269 g/mol. The fourth-order valence-electron chi connectivity index (χ4n) is 1.54. The van der Waals surface area contributed by atoms with Crippen LogP contribution >= 0.6 is 11.6 Å². The molecule has 0 aliphatic heterocycles. The molecule has 0 radical (unpaired) electrons. The van der Waals surface area contributed by atoms with E-state index >= 15 is 0 Å². The standard InChI is InChI=1S/C14H20ClNO2/c15-10-6-1-2-7-11-18-14(17)16-12-13-8-4-3-5-9-13/h3-5,8-9H,1-2,6-7,10-12H2,(H,16,17). The number of carbonyl (C=O) groups is 1. The Morgan fingerprint density at radius 1 is 1.11 bits per heavy atom. The Balaban J connectivity index is 2.01. The van der Waals surface area contributed by atoms with Gasteiger partial charge in [-0.15, -0.1) is 11.6 Å². The number of amides is 1. The van der Waals surface area contributed by atoms with Crippen LogP contribution in [-0.2, 0) is 11.3 Å². The summed E-state index contributed by atoms with van der Waals surface area (Å²) in [6.45, 7) is 0.981. The van der Waals surface area contributed by atoms with E-state index in [2.05, 4.69) is 5.32 Å². The van der Waals surface area contributed by atoms with Crippen molar-refractivity contribution < 1.29 is 9.53 Å². The fourth-order valence-corrected chi connectivity index (χ4v) is 1.73. The molecule has 0 aromatic heterocycles. The highest BCUT2D eigenvalue weighted by atomic mass is 35.5. The molecular formula is C14H20ClNO2. The summed E-state index contributed by atoms with van der Waals surface area (Å²) < 4.78 is 5.06. The third-order valence-electron chi connectivity index (χ3n) is 2.54. The Kier molecular flexibility index (Phi) is 8.06. The molecule has 0 atom stereocenters. The molecule has 0 bridgehead atoms. The zero-order valence-electron chi connectivity index (χ0n) is 10.5. The number of hydrogen-bond acceptors (Lipinski definition) is 2. The van der Waals surface area contributed by atoms with Gasteiger partial charge in [0.1, 0.15) is 0 Å². The lowest BCUT2D eigenvalue weighted by Gasteiger charge is -2.06. The van der Waals surface area contributed by atoms with Crippen LogP contribution in [0, 0.1) is 0 Å². The van der Waals surface area contributed by atoms with E-state index in [9.17, 15) is 4.79 Å². The van der Waals surface area contributed by atoms with E-state index in [0.29, 0.717) is 19.0 Å². The molecule has 0 fully saturated rings. The van der Waals surface area contributed by atoms with Crippen molar-refractivity contribution in [3.05, 3.63) is 35.9 Å². The van der Waals surface area contributed by atoms with Gasteiger partial charge in [0, 0.05) is 12.4 Å². The zero-order chi connectivity index (χ0) is 13.1. The van der Waals surface area contributed by atoms with Gasteiger partial charge in [-0.05, 0) is 18.4 Å². The second-order valence-electron chi connectivity index (χ2n) is 4.08. The Labute approximate surface area is 113 Å². The number of carbonyl (C=O) groups excluding carboxylic acids is 1. The van der Waals surface area contributed by atoms with Crippen molar-refractivity contribution in [2.75, 3.05) is 12.5 Å². The third kappa shape index (κ3) is 7.17. The van der Waals surface area contributed by atoms with Crippen LogP contribution in [0.5, 0.6) is 0 Å². The van der Waals surface area contributed by atoms with Crippen molar-refractivity contribution in [3.63, 3.8) is 0 Å². The van der Waals surface area contributed by atoms with Gasteiger partial charge < -0.3 is 10.1 Å². The van der Waals surface area contributed by atoms with Crippen LogP contribution in [0.4, 0.5) is 4.79 Å². The molecule has 0 aliphatic carbocycles. The maximum absolute atomic E-state index is 11.4. The molecule has 100 valence electrons. The van der Waals surface area contributed by atoms with Gasteiger partial charge in [0.15, 0.2) is 0 Å². The lowest BCUT2D eigenvalue weighted by atomic mass is 10.2. The quantitative estimate of drug-likeness (QED) is 0.577. The highest BCUT2D eigenvalue weighted by Gasteiger charge is 2.01. The highest BCUT2D eigenvalue weighted by molar-refractivity contribution is 6.17. The van der Waals surface area contributed by atoms with Crippen LogP contribution in [0.25, 0.3) is 0 Å². The van der Waals surface area contributed by atoms with Crippen molar-refractivity contribution in [1.82, 2.24) is 5.32 Å². The van der Waals surface area contributed by atoms with Gasteiger partial charge >= 0.3 is 6.09 Å². The molecular weight excluding hydrogens is 250 g/mol. The molecule has 0 saturated heterocycles. The molecule has 0 saturated carbocycles. The summed E-state index contributed by atoms with van der Waals surface area (Å²) in [5.41, 5.74) is 1.07. The summed E-state index contributed by atoms with van der Waals surface area (Å²) in [4.78, 5) is 11.4. The summed E-state index contributed by atoms with van der Waals surface area (Å²) >= 11 is 5.57. The van der Waals surface area contributed by atoms with Crippen molar-refractivity contribution >= 4 is 17.7 Å². The number of ether oxygens (including phenoxy) is 1. The Morgan fingerprint density at radius 3 is 2.56 bits per heavy atom. The van der Waals surface area contributed by atoms with E-state index in [0.717, 1.165) is 31.2 Å². The maximum Gasteiger partial charge on any atom is 0.407 e. The van der Waals surface area contributed by atoms with Gasteiger partial charge in [0.05, 0.1) is 6.61 Å². The molecule has 1 aromatic carbocycles. The Hall–Kier alpha value is -1.22. The number of benzene rings is 1. The highest BCUT2D eigenvalue weighted by Crippen LogP contribution is 2.01. The predicted molar refractivity (Wildman–Crippen MR) is 73.8 cm³/mol. The molecule has 4 heteroatoms. The largest absolute Gasteiger partial charge is 0.450 e. The maximum atomic E-state index is 11.4. The second kappa shape index (κ2) is 9.77. The zero-order valence-corrected chi connectivity index (χ0v) is 11.3. The van der Waals surface area contributed by atoms with E-state index < -0.39 is 0 Å². The van der Waals surface area contributed by atoms with Gasteiger partial charge in [-0.3, -0.25) is 0 Å². The number of rotatable bonds is 8. The Bertz CT molecular complexity index is 330. The summed E-state index contributed by atoms with van der Waals surface area (Å²) in [6.07, 6.45) is 3.73. The lowest BCUT2D eigenvalue weighted by molar-refractivity contribution is 0.143. The molecule has 0 heterocycles. The molecule has 3 nitrogen and oxygen atoms in total. The molecule has 1 amide bonds. The van der Waals surface area contributed by atoms with Crippen LogP contribution in [0.3, 0.4) is 0 Å². The van der Waals surface area contributed by atoms with Crippen LogP contribution in [0.2, 0.25) is 0 Å². The van der Waals surface area contributed by atoms with Crippen LogP contribution in [-0.4, -0.2) is 18.6 Å². The molecule has 18 heavy (non-hydrogen) atoms. The van der Waals surface area contributed by atoms with E-state index in [1.54, 1.807) is 0 Å². The first kappa shape index (κ1) is 14.8. The number of hydrogen-bond donors (Lipinski definition) is 1. The number of halogens is 1. The molecule has 0 spiro atoms. The van der Waals surface area contributed by atoms with Gasteiger partial charge in [0.2, 0.25) is 0 Å². The smallest absolute Gasteiger partial charge is 0.407 e. The number of nitrogens with one attached hydrogen (secondary N) is 1. The number of alkyl carbamates (subject to hydrolysis) is 1.